The lowest BCUT2D eigenvalue weighted by molar-refractivity contribution is 0.580. The van der Waals surface area contributed by atoms with Crippen LogP contribution in [0.2, 0.25) is 0 Å². The van der Waals surface area contributed by atoms with Crippen molar-refractivity contribution in [3.8, 4) is 0 Å². The summed E-state index contributed by atoms with van der Waals surface area (Å²) in [5.74, 6) is 0.601. The topological polar surface area (TPSA) is 98.0 Å². The number of aromatic nitrogens is 2. The highest BCUT2D eigenvalue weighted by Gasteiger charge is 2.20. The maximum Gasteiger partial charge on any atom is 0.242 e. The first-order valence-corrected chi connectivity index (χ1v) is 8.78. The van der Waals surface area contributed by atoms with Gasteiger partial charge in [0.05, 0.1) is 16.0 Å². The lowest BCUT2D eigenvalue weighted by Crippen LogP contribution is -2.23. The molecule has 2 heterocycles. The van der Waals surface area contributed by atoms with Crippen molar-refractivity contribution in [3.63, 3.8) is 0 Å². The molecule has 3 N–H and O–H groups in total. The van der Waals surface area contributed by atoms with Crippen LogP contribution in [0.5, 0.6) is 0 Å². The number of hydrogen-bond acceptors (Lipinski definition) is 6. The Hall–Kier alpha value is -0.870. The van der Waals surface area contributed by atoms with Crippen LogP contribution in [0.15, 0.2) is 27.0 Å². The van der Waals surface area contributed by atoms with Gasteiger partial charge < -0.3 is 5.73 Å². The Bertz CT molecular complexity index is 715. The SMILES string of the molecule is Cc1nccc(CNS(=O)(=O)c2cc(CN)sc2Br)n1. The zero-order chi connectivity index (χ0) is 14.8. The molecule has 0 aliphatic rings. The first-order chi connectivity index (χ1) is 9.42. The number of nitrogens with zero attached hydrogens (tertiary/aromatic N) is 2. The Kier molecular flexibility index (Phi) is 4.86. The number of sulfonamides is 1. The fourth-order valence-corrected chi connectivity index (χ4v) is 5.09. The number of thiophene rings is 1. The summed E-state index contributed by atoms with van der Waals surface area (Å²) in [4.78, 5) is 9.11. The fourth-order valence-electron chi connectivity index (χ4n) is 1.53. The highest BCUT2D eigenvalue weighted by atomic mass is 79.9. The Morgan fingerprint density at radius 3 is 2.85 bits per heavy atom. The van der Waals surface area contributed by atoms with Crippen molar-refractivity contribution in [2.45, 2.75) is 24.9 Å². The normalized spacial score (nSPS) is 11.8. The summed E-state index contributed by atoms with van der Waals surface area (Å²) in [5.41, 5.74) is 6.13. The van der Waals surface area contributed by atoms with Gasteiger partial charge >= 0.3 is 0 Å². The molecule has 0 bridgehead atoms. The molecule has 0 fully saturated rings. The van der Waals surface area contributed by atoms with Crippen LogP contribution >= 0.6 is 27.3 Å². The van der Waals surface area contributed by atoms with Gasteiger partial charge in [0.2, 0.25) is 10.0 Å². The first kappa shape index (κ1) is 15.5. The monoisotopic (exact) mass is 376 g/mol. The zero-order valence-electron chi connectivity index (χ0n) is 10.6. The van der Waals surface area contributed by atoms with E-state index in [1.165, 1.54) is 11.3 Å². The van der Waals surface area contributed by atoms with Crippen molar-refractivity contribution in [3.05, 3.63) is 38.5 Å². The smallest absolute Gasteiger partial charge is 0.242 e. The van der Waals surface area contributed by atoms with E-state index in [4.69, 9.17) is 5.73 Å². The van der Waals surface area contributed by atoms with E-state index in [0.717, 1.165) is 4.88 Å². The van der Waals surface area contributed by atoms with E-state index in [-0.39, 0.29) is 11.4 Å². The van der Waals surface area contributed by atoms with Gasteiger partial charge in [-0.05, 0) is 35.0 Å². The van der Waals surface area contributed by atoms with Crippen LogP contribution in [-0.2, 0) is 23.1 Å². The van der Waals surface area contributed by atoms with Crippen molar-refractivity contribution in [2.75, 3.05) is 0 Å². The molecule has 0 spiro atoms. The number of hydrogen-bond donors (Lipinski definition) is 2. The predicted octanol–water partition coefficient (Wildman–Crippen LogP) is 1.55. The molecule has 0 saturated heterocycles. The van der Waals surface area contributed by atoms with Crippen LogP contribution in [0.4, 0.5) is 0 Å². The van der Waals surface area contributed by atoms with E-state index in [1.54, 1.807) is 25.3 Å². The fraction of sp³-hybridized carbons (Fsp3) is 0.273. The summed E-state index contributed by atoms with van der Waals surface area (Å²) in [6.07, 6.45) is 1.60. The maximum atomic E-state index is 12.2. The predicted molar refractivity (Wildman–Crippen MR) is 80.7 cm³/mol. The minimum atomic E-state index is -3.59. The maximum absolute atomic E-state index is 12.2. The van der Waals surface area contributed by atoms with Crippen molar-refractivity contribution in [1.29, 1.82) is 0 Å². The average molecular weight is 377 g/mol. The van der Waals surface area contributed by atoms with Gasteiger partial charge in [-0.25, -0.2) is 23.1 Å². The van der Waals surface area contributed by atoms with Gasteiger partial charge in [0.25, 0.3) is 0 Å². The second kappa shape index (κ2) is 6.27. The second-order valence-electron chi connectivity index (χ2n) is 3.97. The van der Waals surface area contributed by atoms with Gasteiger partial charge in [-0.15, -0.1) is 11.3 Å². The van der Waals surface area contributed by atoms with Crippen molar-refractivity contribution in [1.82, 2.24) is 14.7 Å². The molecule has 0 aliphatic heterocycles. The third-order valence-electron chi connectivity index (χ3n) is 2.47. The number of rotatable bonds is 5. The van der Waals surface area contributed by atoms with Crippen molar-refractivity contribution in [2.24, 2.45) is 5.73 Å². The Morgan fingerprint density at radius 1 is 1.50 bits per heavy atom. The number of halogens is 1. The summed E-state index contributed by atoms with van der Waals surface area (Å²) < 4.78 is 27.5. The van der Waals surface area contributed by atoms with Crippen molar-refractivity contribution < 1.29 is 8.42 Å². The third kappa shape index (κ3) is 3.61. The van der Waals surface area contributed by atoms with E-state index in [0.29, 0.717) is 21.8 Å². The van der Waals surface area contributed by atoms with Gasteiger partial charge in [0, 0.05) is 17.6 Å². The molecule has 9 heteroatoms. The van der Waals surface area contributed by atoms with Crippen LogP contribution < -0.4 is 10.5 Å². The largest absolute Gasteiger partial charge is 0.326 e. The first-order valence-electron chi connectivity index (χ1n) is 5.69. The van der Waals surface area contributed by atoms with Gasteiger partial charge in [-0.2, -0.15) is 0 Å². The van der Waals surface area contributed by atoms with E-state index < -0.39 is 10.0 Å². The zero-order valence-corrected chi connectivity index (χ0v) is 13.8. The van der Waals surface area contributed by atoms with Crippen molar-refractivity contribution >= 4 is 37.3 Å². The number of nitrogens with one attached hydrogen (secondary N) is 1. The molecule has 2 aromatic heterocycles. The lowest BCUT2D eigenvalue weighted by Gasteiger charge is -2.05. The molecule has 0 unspecified atom stereocenters. The lowest BCUT2D eigenvalue weighted by atomic mass is 10.4. The minimum absolute atomic E-state index is 0.117. The van der Waals surface area contributed by atoms with E-state index in [9.17, 15) is 8.42 Å². The average Bonchev–Trinajstić information content (AvgIpc) is 2.79. The van der Waals surface area contributed by atoms with Crippen LogP contribution in [0.1, 0.15) is 16.4 Å². The molecule has 0 radical (unpaired) electrons. The summed E-state index contributed by atoms with van der Waals surface area (Å²) in [6.45, 7) is 2.18. The quantitative estimate of drug-likeness (QED) is 0.824. The Labute approximate surface area is 129 Å². The van der Waals surface area contributed by atoms with Gasteiger partial charge in [-0.3, -0.25) is 0 Å². The Morgan fingerprint density at radius 2 is 2.25 bits per heavy atom. The van der Waals surface area contributed by atoms with Gasteiger partial charge in [0.15, 0.2) is 0 Å². The van der Waals surface area contributed by atoms with E-state index in [2.05, 4.69) is 30.6 Å². The number of aryl methyl sites for hydroxylation is 1. The minimum Gasteiger partial charge on any atom is -0.326 e. The van der Waals surface area contributed by atoms with E-state index >= 15 is 0 Å². The number of nitrogens with two attached hydrogens (primary N) is 1. The molecule has 108 valence electrons. The van der Waals surface area contributed by atoms with Crippen LogP contribution in [0.3, 0.4) is 0 Å². The highest BCUT2D eigenvalue weighted by molar-refractivity contribution is 9.11. The molecule has 0 aromatic carbocycles. The standard InChI is InChI=1S/C11H13BrN4O2S2/c1-7-14-3-2-8(16-7)6-15-20(17,18)10-4-9(5-13)19-11(10)12/h2-4,15H,5-6,13H2,1H3. The molecular formula is C11H13BrN4O2S2. The Balaban J connectivity index is 2.17. The third-order valence-corrected chi connectivity index (χ3v) is 6.15. The van der Waals surface area contributed by atoms with Crippen LogP contribution in [0.25, 0.3) is 0 Å². The second-order valence-corrected chi connectivity index (χ2v) is 8.16. The summed E-state index contributed by atoms with van der Waals surface area (Å²) in [7, 11) is -3.59. The molecule has 0 amide bonds. The summed E-state index contributed by atoms with van der Waals surface area (Å²) >= 11 is 4.56. The summed E-state index contributed by atoms with van der Waals surface area (Å²) in [5, 5.41) is 0. The van der Waals surface area contributed by atoms with Gasteiger partial charge in [0.1, 0.15) is 10.7 Å². The van der Waals surface area contributed by atoms with Gasteiger partial charge in [-0.1, -0.05) is 0 Å². The van der Waals surface area contributed by atoms with Crippen LogP contribution in [0, 0.1) is 6.92 Å². The highest BCUT2D eigenvalue weighted by Crippen LogP contribution is 2.31. The molecule has 6 nitrogen and oxygen atoms in total. The molecule has 0 atom stereocenters. The molecular weight excluding hydrogens is 364 g/mol. The van der Waals surface area contributed by atoms with Crippen LogP contribution in [-0.4, -0.2) is 18.4 Å². The molecule has 0 saturated carbocycles. The summed E-state index contributed by atoms with van der Waals surface area (Å²) in [6, 6.07) is 3.24. The molecule has 20 heavy (non-hydrogen) atoms. The molecule has 2 aromatic rings. The van der Waals surface area contributed by atoms with E-state index in [1.807, 2.05) is 0 Å². The molecule has 0 aliphatic carbocycles. The molecule has 2 rings (SSSR count).